The van der Waals surface area contributed by atoms with E-state index in [1.807, 2.05) is 6.07 Å². The maximum Gasteiger partial charge on any atom is 0.275 e. The Morgan fingerprint density at radius 1 is 1.15 bits per heavy atom. The lowest BCUT2D eigenvalue weighted by Crippen LogP contribution is -2.36. The summed E-state index contributed by atoms with van der Waals surface area (Å²) in [4.78, 5) is 36.0. The molecule has 0 aliphatic carbocycles. The first kappa shape index (κ1) is 18.1. The van der Waals surface area contributed by atoms with Gasteiger partial charge in [-0.3, -0.25) is 9.59 Å². The molecule has 0 atom stereocenters. The van der Waals surface area contributed by atoms with E-state index in [0.29, 0.717) is 5.75 Å². The molecule has 0 saturated heterocycles. The monoisotopic (exact) mass is 366 g/mol. The SMILES string of the molecule is COc1cccc(CNC(=O)Cn2nc(C(=O)[O-])c3ccccc3c2=O)c1. The molecule has 1 aromatic heterocycles. The summed E-state index contributed by atoms with van der Waals surface area (Å²) in [5, 5.41) is 18.1. The van der Waals surface area contributed by atoms with Gasteiger partial charge in [0.15, 0.2) is 0 Å². The number of rotatable bonds is 6. The number of carboxylic acids is 1. The van der Waals surface area contributed by atoms with Gasteiger partial charge >= 0.3 is 0 Å². The van der Waals surface area contributed by atoms with Crippen molar-refractivity contribution in [1.82, 2.24) is 15.1 Å². The van der Waals surface area contributed by atoms with Crippen LogP contribution in [0.2, 0.25) is 0 Å². The topological polar surface area (TPSA) is 113 Å². The summed E-state index contributed by atoms with van der Waals surface area (Å²) < 4.78 is 5.95. The molecule has 3 rings (SSSR count). The molecule has 0 aliphatic rings. The van der Waals surface area contributed by atoms with Gasteiger partial charge in [-0.2, -0.15) is 5.10 Å². The van der Waals surface area contributed by atoms with Crippen molar-refractivity contribution in [2.45, 2.75) is 13.1 Å². The molecule has 27 heavy (non-hydrogen) atoms. The minimum absolute atomic E-state index is 0.160. The van der Waals surface area contributed by atoms with Crippen molar-refractivity contribution in [3.8, 4) is 5.75 Å². The standard InChI is InChI=1S/C19H17N3O5/c1-27-13-6-4-5-12(9-13)10-20-16(23)11-22-18(24)15-8-3-2-7-14(15)17(21-22)19(25)26/h2-9H,10-11H2,1H3,(H,20,23)(H,25,26)/p-1. The Hall–Kier alpha value is -3.68. The van der Waals surface area contributed by atoms with Crippen molar-refractivity contribution in [3.05, 3.63) is 70.1 Å². The minimum Gasteiger partial charge on any atom is -0.543 e. The van der Waals surface area contributed by atoms with Crippen molar-refractivity contribution in [3.63, 3.8) is 0 Å². The summed E-state index contributed by atoms with van der Waals surface area (Å²) in [5.41, 5.74) is -0.116. The number of amides is 1. The predicted molar refractivity (Wildman–Crippen MR) is 95.2 cm³/mol. The van der Waals surface area contributed by atoms with Crippen LogP contribution in [0.4, 0.5) is 0 Å². The van der Waals surface area contributed by atoms with Gasteiger partial charge in [-0.25, -0.2) is 4.68 Å². The van der Waals surface area contributed by atoms with Crippen molar-refractivity contribution in [1.29, 1.82) is 0 Å². The zero-order valence-corrected chi connectivity index (χ0v) is 14.5. The second kappa shape index (κ2) is 7.69. The van der Waals surface area contributed by atoms with Gasteiger partial charge in [0, 0.05) is 11.9 Å². The Morgan fingerprint density at radius 3 is 2.59 bits per heavy atom. The number of carboxylic acid groups (broad SMARTS) is 1. The highest BCUT2D eigenvalue weighted by Gasteiger charge is 2.13. The normalized spacial score (nSPS) is 10.6. The molecule has 8 nitrogen and oxygen atoms in total. The number of hydrogen-bond acceptors (Lipinski definition) is 6. The average molecular weight is 366 g/mol. The number of carbonyl (C=O) groups excluding carboxylic acids is 2. The largest absolute Gasteiger partial charge is 0.543 e. The number of aromatic carboxylic acids is 1. The first-order valence-corrected chi connectivity index (χ1v) is 8.10. The van der Waals surface area contributed by atoms with Gasteiger partial charge in [-0.15, -0.1) is 0 Å². The van der Waals surface area contributed by atoms with Gasteiger partial charge in [-0.1, -0.05) is 30.3 Å². The van der Waals surface area contributed by atoms with Crippen molar-refractivity contribution < 1.29 is 19.4 Å². The molecule has 1 N–H and O–H groups in total. The third kappa shape index (κ3) is 3.95. The number of ether oxygens (including phenoxy) is 1. The smallest absolute Gasteiger partial charge is 0.275 e. The number of nitrogens with zero attached hydrogens (tertiary/aromatic N) is 2. The number of methoxy groups -OCH3 is 1. The van der Waals surface area contributed by atoms with E-state index in [1.54, 1.807) is 37.4 Å². The molecular weight excluding hydrogens is 350 g/mol. The molecule has 3 aromatic rings. The van der Waals surface area contributed by atoms with Crippen LogP contribution in [0.3, 0.4) is 0 Å². The van der Waals surface area contributed by atoms with Gasteiger partial charge in [0.05, 0.1) is 18.5 Å². The molecule has 0 spiro atoms. The van der Waals surface area contributed by atoms with Crippen LogP contribution in [0, 0.1) is 0 Å². The van der Waals surface area contributed by atoms with Crippen LogP contribution in [0.15, 0.2) is 53.3 Å². The number of carbonyl (C=O) groups is 2. The quantitative estimate of drug-likeness (QED) is 0.661. The van der Waals surface area contributed by atoms with E-state index in [2.05, 4.69) is 10.4 Å². The molecule has 0 aliphatic heterocycles. The third-order valence-electron chi connectivity index (χ3n) is 3.98. The highest BCUT2D eigenvalue weighted by molar-refractivity contribution is 6.00. The second-order valence-corrected chi connectivity index (χ2v) is 5.77. The Balaban J connectivity index is 1.81. The summed E-state index contributed by atoms with van der Waals surface area (Å²) in [6.07, 6.45) is 0. The maximum absolute atomic E-state index is 12.5. The van der Waals surface area contributed by atoms with Crippen molar-refractivity contribution >= 4 is 22.6 Å². The summed E-state index contributed by atoms with van der Waals surface area (Å²) in [7, 11) is 1.55. The van der Waals surface area contributed by atoms with Gasteiger partial charge in [0.2, 0.25) is 5.91 Å². The summed E-state index contributed by atoms with van der Waals surface area (Å²) in [6, 6.07) is 13.3. The molecule has 8 heteroatoms. The highest BCUT2D eigenvalue weighted by atomic mass is 16.5. The number of benzene rings is 2. The zero-order chi connectivity index (χ0) is 19.4. The van der Waals surface area contributed by atoms with Crippen molar-refractivity contribution in [2.24, 2.45) is 0 Å². The second-order valence-electron chi connectivity index (χ2n) is 5.77. The Kier molecular flexibility index (Phi) is 5.16. The summed E-state index contributed by atoms with van der Waals surface area (Å²) in [6.45, 7) is -0.181. The van der Waals surface area contributed by atoms with E-state index in [0.717, 1.165) is 10.2 Å². The first-order chi connectivity index (χ1) is 13.0. The summed E-state index contributed by atoms with van der Waals surface area (Å²) in [5.74, 6) is -1.34. The van der Waals surface area contributed by atoms with Crippen LogP contribution >= 0.6 is 0 Å². The molecular formula is C19H16N3O5-. The minimum atomic E-state index is -1.52. The number of fused-ring (bicyclic) bond motifs is 1. The van der Waals surface area contributed by atoms with Crippen LogP contribution in [-0.4, -0.2) is 28.8 Å². The van der Waals surface area contributed by atoms with Crippen LogP contribution in [0.5, 0.6) is 5.75 Å². The summed E-state index contributed by atoms with van der Waals surface area (Å²) >= 11 is 0. The van der Waals surface area contributed by atoms with Crippen LogP contribution in [-0.2, 0) is 17.9 Å². The fourth-order valence-electron chi connectivity index (χ4n) is 2.67. The lowest BCUT2D eigenvalue weighted by Gasteiger charge is -2.12. The zero-order valence-electron chi connectivity index (χ0n) is 14.5. The maximum atomic E-state index is 12.5. The van der Waals surface area contributed by atoms with E-state index in [9.17, 15) is 19.5 Å². The molecule has 0 unspecified atom stereocenters. The van der Waals surface area contributed by atoms with Crippen LogP contribution in [0.1, 0.15) is 16.1 Å². The molecule has 138 valence electrons. The van der Waals surface area contributed by atoms with Gasteiger partial charge in [0.1, 0.15) is 18.0 Å². The van der Waals surface area contributed by atoms with Gasteiger partial charge < -0.3 is 20.0 Å². The molecule has 0 saturated carbocycles. The van der Waals surface area contributed by atoms with Crippen LogP contribution < -0.4 is 20.7 Å². The fourth-order valence-corrected chi connectivity index (χ4v) is 2.67. The number of hydrogen-bond donors (Lipinski definition) is 1. The van der Waals surface area contributed by atoms with E-state index >= 15 is 0 Å². The van der Waals surface area contributed by atoms with E-state index in [-0.39, 0.29) is 23.0 Å². The highest BCUT2D eigenvalue weighted by Crippen LogP contribution is 2.13. The lowest BCUT2D eigenvalue weighted by molar-refractivity contribution is -0.255. The van der Waals surface area contributed by atoms with Crippen LogP contribution in [0.25, 0.3) is 10.8 Å². The Bertz CT molecular complexity index is 1070. The molecule has 2 aromatic carbocycles. The lowest BCUT2D eigenvalue weighted by atomic mass is 10.1. The fraction of sp³-hybridized carbons (Fsp3) is 0.158. The van der Waals surface area contributed by atoms with Crippen molar-refractivity contribution in [2.75, 3.05) is 7.11 Å². The molecule has 0 bridgehead atoms. The number of nitrogens with one attached hydrogen (secondary N) is 1. The average Bonchev–Trinajstić information content (AvgIpc) is 2.68. The molecule has 0 radical (unpaired) electrons. The van der Waals surface area contributed by atoms with Gasteiger partial charge in [0.25, 0.3) is 5.56 Å². The molecule has 1 amide bonds. The van der Waals surface area contributed by atoms with E-state index in [1.165, 1.54) is 12.1 Å². The van der Waals surface area contributed by atoms with Gasteiger partial charge in [-0.05, 0) is 23.8 Å². The molecule has 1 heterocycles. The Labute approximate surface area is 154 Å². The molecule has 0 fully saturated rings. The van der Waals surface area contributed by atoms with E-state index in [4.69, 9.17) is 4.74 Å². The third-order valence-corrected chi connectivity index (χ3v) is 3.98. The van der Waals surface area contributed by atoms with E-state index < -0.39 is 24.0 Å². The predicted octanol–water partition coefficient (Wildman–Crippen LogP) is 0.0850. The first-order valence-electron chi connectivity index (χ1n) is 8.10. The Morgan fingerprint density at radius 2 is 1.89 bits per heavy atom. The number of aromatic nitrogens is 2.